The number of rotatable bonds is 5. The normalized spacial score (nSPS) is 13.8. The maximum atomic E-state index is 11.5. The molecule has 3 N–H and O–H groups in total. The molecule has 4 nitrogen and oxygen atoms in total. The molecule has 1 rings (SSSR count). The van der Waals surface area contributed by atoms with Gasteiger partial charge in [-0.15, -0.1) is 0 Å². The van der Waals surface area contributed by atoms with Gasteiger partial charge in [0, 0.05) is 12.6 Å². The minimum absolute atomic E-state index is 0.0858. The van der Waals surface area contributed by atoms with Crippen LogP contribution in [0.2, 0.25) is 5.02 Å². The lowest BCUT2D eigenvalue weighted by Crippen LogP contribution is -2.36. The van der Waals surface area contributed by atoms with Crippen LogP contribution in [0.25, 0.3) is 0 Å². The number of halogens is 1. The Kier molecular flexibility index (Phi) is 5.44. The molecule has 1 amide bonds. The molecule has 0 aliphatic carbocycles. The number of amides is 1. The van der Waals surface area contributed by atoms with Crippen molar-refractivity contribution in [2.75, 3.05) is 6.54 Å². The van der Waals surface area contributed by atoms with Gasteiger partial charge >= 0.3 is 0 Å². The van der Waals surface area contributed by atoms with Gasteiger partial charge in [0.05, 0.1) is 5.02 Å². The Labute approximate surface area is 112 Å². The number of hydrogen-bond acceptors (Lipinski definition) is 3. The fourth-order valence-corrected chi connectivity index (χ4v) is 1.69. The summed E-state index contributed by atoms with van der Waals surface area (Å²) in [6.45, 7) is 5.99. The van der Waals surface area contributed by atoms with Gasteiger partial charge in [-0.1, -0.05) is 17.7 Å². The predicted octanol–water partition coefficient (Wildman–Crippen LogP) is 2.26. The molecule has 0 radical (unpaired) electrons. The van der Waals surface area contributed by atoms with E-state index in [2.05, 4.69) is 5.32 Å². The molecule has 0 saturated carbocycles. The predicted molar refractivity (Wildman–Crippen MR) is 72.8 cm³/mol. The van der Waals surface area contributed by atoms with Crippen molar-refractivity contribution in [3.63, 3.8) is 0 Å². The lowest BCUT2D eigenvalue weighted by atomic mass is 10.1. The Morgan fingerprint density at radius 1 is 1.50 bits per heavy atom. The van der Waals surface area contributed by atoms with Gasteiger partial charge in [-0.2, -0.15) is 0 Å². The summed E-state index contributed by atoms with van der Waals surface area (Å²) in [5.74, 6) is 0.324. The third-order valence-electron chi connectivity index (χ3n) is 2.51. The molecule has 0 aromatic heterocycles. The topological polar surface area (TPSA) is 64.3 Å². The number of carbonyl (C=O) groups is 1. The van der Waals surface area contributed by atoms with Crippen molar-refractivity contribution in [3.8, 4) is 5.75 Å². The number of benzene rings is 1. The summed E-state index contributed by atoms with van der Waals surface area (Å²) in [5.41, 5.74) is 6.69. The highest BCUT2D eigenvalue weighted by atomic mass is 35.5. The van der Waals surface area contributed by atoms with E-state index in [-0.39, 0.29) is 11.9 Å². The SMILES string of the molecule is CCNC(=O)C(C)Oc1ccc(C(C)N)cc1Cl. The molecule has 1 aromatic rings. The molecule has 0 fully saturated rings. The monoisotopic (exact) mass is 270 g/mol. The van der Waals surface area contributed by atoms with Gasteiger partial charge in [-0.05, 0) is 38.5 Å². The molecule has 0 aliphatic rings. The Bertz CT molecular complexity index is 421. The highest BCUT2D eigenvalue weighted by Crippen LogP contribution is 2.28. The first-order valence-electron chi connectivity index (χ1n) is 5.95. The van der Waals surface area contributed by atoms with Crippen LogP contribution in [0.5, 0.6) is 5.75 Å². The van der Waals surface area contributed by atoms with Crippen molar-refractivity contribution in [2.45, 2.75) is 32.9 Å². The van der Waals surface area contributed by atoms with E-state index < -0.39 is 6.10 Å². The van der Waals surface area contributed by atoms with E-state index in [1.807, 2.05) is 19.9 Å². The van der Waals surface area contributed by atoms with Gasteiger partial charge in [0.1, 0.15) is 5.75 Å². The average molecular weight is 271 g/mol. The standard InChI is InChI=1S/C13H19ClN2O2/c1-4-16-13(17)9(3)18-12-6-5-10(8(2)15)7-11(12)14/h5-9H,4,15H2,1-3H3,(H,16,17). The van der Waals surface area contributed by atoms with Crippen LogP contribution in [0.15, 0.2) is 18.2 Å². The number of carbonyl (C=O) groups excluding carboxylic acids is 1. The van der Waals surface area contributed by atoms with Crippen LogP contribution in [0.1, 0.15) is 32.4 Å². The average Bonchev–Trinajstić information content (AvgIpc) is 2.31. The van der Waals surface area contributed by atoms with E-state index >= 15 is 0 Å². The minimum atomic E-state index is -0.580. The third kappa shape index (κ3) is 3.89. The summed E-state index contributed by atoms with van der Waals surface area (Å²) in [4.78, 5) is 11.5. The quantitative estimate of drug-likeness (QED) is 0.863. The smallest absolute Gasteiger partial charge is 0.260 e. The van der Waals surface area contributed by atoms with Gasteiger partial charge in [0.15, 0.2) is 6.10 Å². The van der Waals surface area contributed by atoms with Crippen LogP contribution in [0.4, 0.5) is 0 Å². The zero-order valence-electron chi connectivity index (χ0n) is 10.9. The van der Waals surface area contributed by atoms with Crippen molar-refractivity contribution in [1.29, 1.82) is 0 Å². The largest absolute Gasteiger partial charge is 0.479 e. The molecule has 2 atom stereocenters. The van der Waals surface area contributed by atoms with Gasteiger partial charge in [-0.25, -0.2) is 0 Å². The first kappa shape index (κ1) is 14.8. The van der Waals surface area contributed by atoms with E-state index in [4.69, 9.17) is 22.1 Å². The number of nitrogens with one attached hydrogen (secondary N) is 1. The van der Waals surface area contributed by atoms with E-state index in [1.54, 1.807) is 19.1 Å². The lowest BCUT2D eigenvalue weighted by Gasteiger charge is -2.16. The highest BCUT2D eigenvalue weighted by Gasteiger charge is 2.15. The van der Waals surface area contributed by atoms with Crippen LogP contribution in [-0.4, -0.2) is 18.6 Å². The molecule has 0 saturated heterocycles. The van der Waals surface area contributed by atoms with Crippen molar-refractivity contribution < 1.29 is 9.53 Å². The maximum absolute atomic E-state index is 11.5. The maximum Gasteiger partial charge on any atom is 0.260 e. The van der Waals surface area contributed by atoms with E-state index in [9.17, 15) is 4.79 Å². The van der Waals surface area contributed by atoms with E-state index in [0.29, 0.717) is 17.3 Å². The minimum Gasteiger partial charge on any atom is -0.479 e. The molecular weight excluding hydrogens is 252 g/mol. The van der Waals surface area contributed by atoms with Crippen LogP contribution in [0, 0.1) is 0 Å². The Balaban J connectivity index is 2.76. The number of nitrogens with two attached hydrogens (primary N) is 1. The zero-order valence-corrected chi connectivity index (χ0v) is 11.6. The molecule has 0 spiro atoms. The zero-order chi connectivity index (χ0) is 13.7. The van der Waals surface area contributed by atoms with Gasteiger partial charge in [0.2, 0.25) is 0 Å². The molecule has 18 heavy (non-hydrogen) atoms. The fourth-order valence-electron chi connectivity index (χ4n) is 1.46. The lowest BCUT2D eigenvalue weighted by molar-refractivity contribution is -0.127. The van der Waals surface area contributed by atoms with E-state index in [0.717, 1.165) is 5.56 Å². The Morgan fingerprint density at radius 2 is 2.17 bits per heavy atom. The van der Waals surface area contributed by atoms with E-state index in [1.165, 1.54) is 0 Å². The fraction of sp³-hybridized carbons (Fsp3) is 0.462. The third-order valence-corrected chi connectivity index (χ3v) is 2.80. The number of likely N-dealkylation sites (N-methyl/N-ethyl adjacent to an activating group) is 1. The van der Waals surface area contributed by atoms with Gasteiger partial charge < -0.3 is 15.8 Å². The molecule has 0 heterocycles. The first-order valence-corrected chi connectivity index (χ1v) is 6.32. The number of ether oxygens (including phenoxy) is 1. The van der Waals surface area contributed by atoms with Gasteiger partial charge in [-0.3, -0.25) is 4.79 Å². The van der Waals surface area contributed by atoms with Gasteiger partial charge in [0.25, 0.3) is 5.91 Å². The number of hydrogen-bond donors (Lipinski definition) is 2. The van der Waals surface area contributed by atoms with Crippen LogP contribution in [-0.2, 0) is 4.79 Å². The molecule has 1 aromatic carbocycles. The Morgan fingerprint density at radius 3 is 2.67 bits per heavy atom. The summed E-state index contributed by atoms with van der Waals surface area (Å²) in [6, 6.07) is 5.25. The summed E-state index contributed by atoms with van der Waals surface area (Å²) < 4.78 is 5.51. The van der Waals surface area contributed by atoms with Crippen LogP contribution < -0.4 is 15.8 Å². The molecule has 2 unspecified atom stereocenters. The van der Waals surface area contributed by atoms with Crippen LogP contribution in [0.3, 0.4) is 0 Å². The van der Waals surface area contributed by atoms with Crippen LogP contribution >= 0.6 is 11.6 Å². The van der Waals surface area contributed by atoms with Crippen molar-refractivity contribution >= 4 is 17.5 Å². The summed E-state index contributed by atoms with van der Waals surface area (Å²) in [6.07, 6.45) is -0.580. The molecule has 100 valence electrons. The summed E-state index contributed by atoms with van der Waals surface area (Å²) in [5, 5.41) is 3.15. The second-order valence-corrected chi connectivity index (χ2v) is 4.54. The van der Waals surface area contributed by atoms with Crippen molar-refractivity contribution in [1.82, 2.24) is 5.32 Å². The molecular formula is C13H19ClN2O2. The highest BCUT2D eigenvalue weighted by molar-refractivity contribution is 6.32. The second kappa shape index (κ2) is 6.61. The van der Waals surface area contributed by atoms with Crippen molar-refractivity contribution in [2.24, 2.45) is 5.73 Å². The van der Waals surface area contributed by atoms with Crippen molar-refractivity contribution in [3.05, 3.63) is 28.8 Å². The molecule has 0 bridgehead atoms. The first-order chi connectivity index (χ1) is 8.45. The molecule has 5 heteroatoms. The summed E-state index contributed by atoms with van der Waals surface area (Å²) >= 11 is 6.09. The second-order valence-electron chi connectivity index (χ2n) is 4.13. The summed E-state index contributed by atoms with van der Waals surface area (Å²) in [7, 11) is 0. The molecule has 0 aliphatic heterocycles. The Hall–Kier alpha value is -1.26.